The van der Waals surface area contributed by atoms with Crippen LogP contribution in [0, 0.1) is 0 Å². The van der Waals surface area contributed by atoms with Crippen molar-refractivity contribution in [3.8, 4) is 0 Å². The lowest BCUT2D eigenvalue weighted by molar-refractivity contribution is -0.125. The molecule has 1 N–H and O–H groups in total. The van der Waals surface area contributed by atoms with Crippen molar-refractivity contribution < 1.29 is 14.4 Å². The fraction of sp³-hybridized carbons (Fsp3) is 0.286. The molecular weight excluding hydrogens is 328 g/mol. The van der Waals surface area contributed by atoms with E-state index in [0.29, 0.717) is 11.1 Å². The zero-order valence-corrected chi connectivity index (χ0v) is 14.6. The second-order valence-corrected chi connectivity index (χ2v) is 6.85. The molecule has 2 aromatic rings. The molecule has 0 aromatic heterocycles. The first-order valence-corrected chi connectivity index (χ1v) is 8.93. The predicted octanol–water partition coefficient (Wildman–Crippen LogP) is 2.86. The third-order valence-corrected chi connectivity index (χ3v) is 5.28. The Morgan fingerprint density at radius 1 is 1.04 bits per heavy atom. The minimum absolute atomic E-state index is 0.0786. The van der Waals surface area contributed by atoms with E-state index in [1.54, 1.807) is 31.2 Å². The second kappa shape index (κ2) is 6.41. The van der Waals surface area contributed by atoms with E-state index in [1.807, 2.05) is 18.2 Å². The van der Waals surface area contributed by atoms with Gasteiger partial charge in [0.05, 0.1) is 17.2 Å². The number of rotatable bonds is 3. The van der Waals surface area contributed by atoms with Gasteiger partial charge < -0.3 is 5.32 Å². The average Bonchev–Trinajstić information content (AvgIpc) is 2.92. The van der Waals surface area contributed by atoms with Crippen molar-refractivity contribution in [1.82, 2.24) is 10.2 Å². The van der Waals surface area contributed by atoms with Gasteiger partial charge in [-0.25, -0.2) is 0 Å². The summed E-state index contributed by atoms with van der Waals surface area (Å²) in [6, 6.07) is 13.8. The topological polar surface area (TPSA) is 66.5 Å². The molecule has 0 spiro atoms. The van der Waals surface area contributed by atoms with Gasteiger partial charge in [-0.1, -0.05) is 36.4 Å². The van der Waals surface area contributed by atoms with E-state index in [2.05, 4.69) is 11.4 Å². The molecule has 0 fully saturated rings. The van der Waals surface area contributed by atoms with Gasteiger partial charge in [-0.15, -0.1) is 0 Å². The number of amides is 3. The number of imide groups is 1. The Balaban J connectivity index is 1.53. The summed E-state index contributed by atoms with van der Waals surface area (Å²) >= 11 is 0. The fourth-order valence-corrected chi connectivity index (χ4v) is 3.87. The van der Waals surface area contributed by atoms with Crippen LogP contribution in [0.15, 0.2) is 48.5 Å². The maximum Gasteiger partial charge on any atom is 0.262 e. The van der Waals surface area contributed by atoms with E-state index in [9.17, 15) is 14.4 Å². The van der Waals surface area contributed by atoms with Crippen molar-refractivity contribution in [2.24, 2.45) is 0 Å². The Morgan fingerprint density at radius 3 is 2.35 bits per heavy atom. The number of hydrogen-bond acceptors (Lipinski definition) is 3. The third-order valence-electron chi connectivity index (χ3n) is 5.28. The van der Waals surface area contributed by atoms with Crippen LogP contribution in [0.2, 0.25) is 0 Å². The Kier molecular flexibility index (Phi) is 4.07. The summed E-state index contributed by atoms with van der Waals surface area (Å²) in [6.45, 7) is 1.60. The highest BCUT2D eigenvalue weighted by Crippen LogP contribution is 2.30. The van der Waals surface area contributed by atoms with Crippen molar-refractivity contribution >= 4 is 17.7 Å². The van der Waals surface area contributed by atoms with Gasteiger partial charge in [0.25, 0.3) is 11.8 Å². The van der Waals surface area contributed by atoms with Crippen molar-refractivity contribution in [3.05, 3.63) is 70.8 Å². The first-order chi connectivity index (χ1) is 12.6. The van der Waals surface area contributed by atoms with Gasteiger partial charge in [-0.2, -0.15) is 0 Å². The standard InChI is InChI=1S/C21H20N2O3/c1-13(23-20(25)16-10-4-5-11-17(16)21(23)26)19(24)22-18-12-6-8-14-7-2-3-9-15(14)18/h2-5,7,9-11,13,18H,6,8,12H2,1H3,(H,22,24). The molecule has 0 bridgehead atoms. The molecule has 1 heterocycles. The quantitative estimate of drug-likeness (QED) is 0.868. The van der Waals surface area contributed by atoms with E-state index < -0.39 is 17.9 Å². The second-order valence-electron chi connectivity index (χ2n) is 6.85. The number of aryl methyl sites for hydroxylation is 1. The van der Waals surface area contributed by atoms with Gasteiger partial charge in [-0.05, 0) is 49.4 Å². The lowest BCUT2D eigenvalue weighted by Gasteiger charge is -2.29. The number of nitrogens with one attached hydrogen (secondary N) is 1. The summed E-state index contributed by atoms with van der Waals surface area (Å²) in [6.07, 6.45) is 2.87. The van der Waals surface area contributed by atoms with Crippen LogP contribution in [0.4, 0.5) is 0 Å². The monoisotopic (exact) mass is 348 g/mol. The van der Waals surface area contributed by atoms with Gasteiger partial charge in [0.1, 0.15) is 6.04 Å². The van der Waals surface area contributed by atoms with E-state index in [1.165, 1.54) is 5.56 Å². The van der Waals surface area contributed by atoms with Crippen molar-refractivity contribution in [2.75, 3.05) is 0 Å². The minimum Gasteiger partial charge on any atom is -0.347 e. The van der Waals surface area contributed by atoms with E-state index in [-0.39, 0.29) is 11.9 Å². The van der Waals surface area contributed by atoms with E-state index >= 15 is 0 Å². The average molecular weight is 348 g/mol. The Hall–Kier alpha value is -2.95. The van der Waals surface area contributed by atoms with E-state index in [0.717, 1.165) is 29.7 Å². The van der Waals surface area contributed by atoms with Crippen molar-refractivity contribution in [2.45, 2.75) is 38.3 Å². The third kappa shape index (κ3) is 2.60. The highest BCUT2D eigenvalue weighted by atomic mass is 16.2. The molecule has 4 rings (SSSR count). The SMILES string of the molecule is CC(C(=O)NC1CCCc2ccccc21)N1C(=O)c2ccccc2C1=O. The Morgan fingerprint density at radius 2 is 1.65 bits per heavy atom. The maximum absolute atomic E-state index is 12.8. The van der Waals surface area contributed by atoms with Crippen molar-refractivity contribution in [3.63, 3.8) is 0 Å². The molecular formula is C21H20N2O3. The first-order valence-electron chi connectivity index (χ1n) is 8.93. The number of benzene rings is 2. The highest BCUT2D eigenvalue weighted by Gasteiger charge is 2.41. The molecule has 2 atom stereocenters. The maximum atomic E-state index is 12.8. The summed E-state index contributed by atoms with van der Waals surface area (Å²) in [7, 11) is 0. The van der Waals surface area contributed by atoms with Gasteiger partial charge >= 0.3 is 0 Å². The molecule has 0 saturated carbocycles. The molecule has 1 aliphatic heterocycles. The molecule has 2 aliphatic rings. The largest absolute Gasteiger partial charge is 0.347 e. The molecule has 3 amide bonds. The number of nitrogens with zero attached hydrogens (tertiary/aromatic N) is 1. The summed E-state index contributed by atoms with van der Waals surface area (Å²) < 4.78 is 0. The number of carbonyl (C=O) groups excluding carboxylic acids is 3. The zero-order valence-electron chi connectivity index (χ0n) is 14.6. The van der Waals surface area contributed by atoms with Crippen LogP contribution in [0.3, 0.4) is 0 Å². The fourth-order valence-electron chi connectivity index (χ4n) is 3.87. The zero-order chi connectivity index (χ0) is 18.3. The number of fused-ring (bicyclic) bond motifs is 2. The summed E-state index contributed by atoms with van der Waals surface area (Å²) in [5.41, 5.74) is 3.10. The van der Waals surface area contributed by atoms with Gasteiger partial charge in [-0.3, -0.25) is 19.3 Å². The van der Waals surface area contributed by atoms with Crippen LogP contribution in [-0.4, -0.2) is 28.7 Å². The van der Waals surface area contributed by atoms with Gasteiger partial charge in [0, 0.05) is 0 Å². The molecule has 5 heteroatoms. The molecule has 132 valence electrons. The molecule has 26 heavy (non-hydrogen) atoms. The summed E-state index contributed by atoms with van der Waals surface area (Å²) in [4.78, 5) is 39.0. The number of carbonyl (C=O) groups is 3. The molecule has 5 nitrogen and oxygen atoms in total. The normalized spacial score (nSPS) is 19.7. The molecule has 0 saturated heterocycles. The Labute approximate surface area is 152 Å². The van der Waals surface area contributed by atoms with Gasteiger partial charge in [0.2, 0.25) is 5.91 Å². The molecule has 2 unspecified atom stereocenters. The van der Waals surface area contributed by atoms with Crippen LogP contribution in [0.25, 0.3) is 0 Å². The van der Waals surface area contributed by atoms with Crippen LogP contribution in [-0.2, 0) is 11.2 Å². The lowest BCUT2D eigenvalue weighted by atomic mass is 9.87. The minimum atomic E-state index is -0.850. The van der Waals surface area contributed by atoms with Crippen LogP contribution < -0.4 is 5.32 Å². The predicted molar refractivity (Wildman–Crippen MR) is 96.7 cm³/mol. The molecule has 1 aliphatic carbocycles. The first kappa shape index (κ1) is 16.5. The molecule has 2 aromatic carbocycles. The van der Waals surface area contributed by atoms with Crippen LogP contribution in [0.5, 0.6) is 0 Å². The molecule has 0 radical (unpaired) electrons. The van der Waals surface area contributed by atoms with Crippen molar-refractivity contribution in [1.29, 1.82) is 0 Å². The Bertz CT molecular complexity index is 871. The smallest absolute Gasteiger partial charge is 0.262 e. The van der Waals surface area contributed by atoms with Crippen LogP contribution in [0.1, 0.15) is 57.7 Å². The lowest BCUT2D eigenvalue weighted by Crippen LogP contribution is -2.48. The van der Waals surface area contributed by atoms with Crippen LogP contribution >= 0.6 is 0 Å². The number of hydrogen-bond donors (Lipinski definition) is 1. The van der Waals surface area contributed by atoms with Gasteiger partial charge in [0.15, 0.2) is 0 Å². The summed E-state index contributed by atoms with van der Waals surface area (Å²) in [5.74, 6) is -1.12. The van der Waals surface area contributed by atoms with E-state index in [4.69, 9.17) is 0 Å². The highest BCUT2D eigenvalue weighted by molar-refractivity contribution is 6.22. The summed E-state index contributed by atoms with van der Waals surface area (Å²) in [5, 5.41) is 3.03.